The van der Waals surface area contributed by atoms with Crippen molar-refractivity contribution in [2.75, 3.05) is 11.5 Å². The van der Waals surface area contributed by atoms with E-state index in [-0.39, 0.29) is 11.9 Å². The molecule has 2 rings (SSSR count). The molecule has 0 saturated heterocycles. The number of anilines is 1. The maximum Gasteiger partial charge on any atom is 0.230 e. The van der Waals surface area contributed by atoms with E-state index in [2.05, 4.69) is 20.3 Å². The van der Waals surface area contributed by atoms with Crippen LogP contribution >= 0.6 is 11.8 Å². The summed E-state index contributed by atoms with van der Waals surface area (Å²) in [7, 11) is 0. The number of nitrogens with zero attached hydrogens (tertiary/aromatic N) is 3. The predicted molar refractivity (Wildman–Crippen MR) is 56.1 cm³/mol. The molecule has 1 aliphatic rings. The first-order chi connectivity index (χ1) is 7.24. The highest BCUT2D eigenvalue weighted by atomic mass is 32.2. The molecule has 0 unspecified atom stereocenters. The quantitative estimate of drug-likeness (QED) is 0.691. The molecule has 1 saturated carbocycles. The van der Waals surface area contributed by atoms with E-state index in [1.165, 1.54) is 18.1 Å². The number of hydrogen-bond acceptors (Lipinski definition) is 6. The van der Waals surface area contributed by atoms with Gasteiger partial charge in [-0.05, 0) is 12.8 Å². The fourth-order valence-electron chi connectivity index (χ4n) is 0.990. The van der Waals surface area contributed by atoms with Crippen LogP contribution in [0.5, 0.6) is 0 Å². The summed E-state index contributed by atoms with van der Waals surface area (Å²) in [6.07, 6.45) is 3.52. The van der Waals surface area contributed by atoms with Crippen LogP contribution in [0.3, 0.4) is 0 Å². The maximum absolute atomic E-state index is 11.3. The molecule has 0 aromatic carbocycles. The van der Waals surface area contributed by atoms with Gasteiger partial charge in [-0.2, -0.15) is 4.98 Å². The average Bonchev–Trinajstić information content (AvgIpc) is 2.99. The van der Waals surface area contributed by atoms with E-state index in [1.807, 2.05) is 0 Å². The van der Waals surface area contributed by atoms with E-state index in [0.717, 1.165) is 12.8 Å². The summed E-state index contributed by atoms with van der Waals surface area (Å²) < 4.78 is 0. The zero-order valence-electron chi connectivity index (χ0n) is 8.01. The van der Waals surface area contributed by atoms with Crippen molar-refractivity contribution >= 4 is 23.6 Å². The Hall–Kier alpha value is -1.37. The molecule has 1 aromatic heterocycles. The summed E-state index contributed by atoms with van der Waals surface area (Å²) >= 11 is 1.26. The number of aromatic nitrogens is 3. The number of hydrogen-bond donors (Lipinski definition) is 2. The Morgan fingerprint density at radius 3 is 3.07 bits per heavy atom. The van der Waals surface area contributed by atoms with Crippen molar-refractivity contribution in [2.45, 2.75) is 24.0 Å². The fraction of sp³-hybridized carbons (Fsp3) is 0.500. The van der Waals surface area contributed by atoms with Gasteiger partial charge < -0.3 is 11.1 Å². The minimum Gasteiger partial charge on any atom is -0.368 e. The number of nitrogens with two attached hydrogens (primary N) is 1. The Labute approximate surface area is 91.1 Å². The number of carbonyl (C=O) groups excluding carboxylic acids is 1. The standard InChI is InChI=1S/C8H11N5OS/c9-7-10-4-11-8(13-7)15-3-6(14)12-5-1-2-5/h4-5H,1-3H2,(H,12,14)(H2,9,10,11,13). The summed E-state index contributed by atoms with van der Waals surface area (Å²) in [6, 6.07) is 0.390. The molecule has 0 spiro atoms. The Kier molecular flexibility index (Phi) is 3.00. The summed E-state index contributed by atoms with van der Waals surface area (Å²) in [5, 5.41) is 3.36. The first-order valence-corrected chi connectivity index (χ1v) is 5.59. The van der Waals surface area contributed by atoms with Crippen LogP contribution in [-0.2, 0) is 4.79 Å². The Balaban J connectivity index is 1.78. The van der Waals surface area contributed by atoms with Gasteiger partial charge in [-0.1, -0.05) is 11.8 Å². The highest BCUT2D eigenvalue weighted by Gasteiger charge is 2.23. The number of thioether (sulfide) groups is 1. The molecule has 0 atom stereocenters. The third-order valence-electron chi connectivity index (χ3n) is 1.84. The highest BCUT2D eigenvalue weighted by Crippen LogP contribution is 2.19. The molecule has 80 valence electrons. The predicted octanol–water partition coefficient (Wildman–Crippen LogP) is -0.176. The number of rotatable bonds is 4. The van der Waals surface area contributed by atoms with Crippen molar-refractivity contribution in [3.05, 3.63) is 6.33 Å². The van der Waals surface area contributed by atoms with Crippen molar-refractivity contribution in [3.63, 3.8) is 0 Å². The molecule has 1 fully saturated rings. The van der Waals surface area contributed by atoms with E-state index >= 15 is 0 Å². The molecule has 1 heterocycles. The van der Waals surface area contributed by atoms with Gasteiger partial charge in [0.05, 0.1) is 5.75 Å². The molecule has 0 bridgehead atoms. The van der Waals surface area contributed by atoms with Crippen LogP contribution in [0.25, 0.3) is 0 Å². The molecule has 15 heavy (non-hydrogen) atoms. The molecular formula is C8H11N5OS. The zero-order chi connectivity index (χ0) is 10.7. The first kappa shape index (κ1) is 10.2. The second-order valence-corrected chi connectivity index (χ2v) is 4.20. The molecule has 3 N–H and O–H groups in total. The second-order valence-electron chi connectivity index (χ2n) is 3.26. The normalized spacial score (nSPS) is 14.9. The zero-order valence-corrected chi connectivity index (χ0v) is 8.83. The lowest BCUT2D eigenvalue weighted by Crippen LogP contribution is -2.27. The number of nitrogens with one attached hydrogen (secondary N) is 1. The first-order valence-electron chi connectivity index (χ1n) is 4.61. The molecule has 1 aromatic rings. The van der Waals surface area contributed by atoms with Gasteiger partial charge in [0, 0.05) is 6.04 Å². The van der Waals surface area contributed by atoms with Gasteiger partial charge in [-0.3, -0.25) is 4.79 Å². The topological polar surface area (TPSA) is 93.8 Å². The van der Waals surface area contributed by atoms with Gasteiger partial charge in [0.25, 0.3) is 0 Å². The van der Waals surface area contributed by atoms with Gasteiger partial charge in [0.15, 0.2) is 5.16 Å². The van der Waals surface area contributed by atoms with Crippen LogP contribution < -0.4 is 11.1 Å². The van der Waals surface area contributed by atoms with Gasteiger partial charge in [-0.25, -0.2) is 9.97 Å². The molecule has 6 nitrogen and oxygen atoms in total. The van der Waals surface area contributed by atoms with Gasteiger partial charge >= 0.3 is 0 Å². The lowest BCUT2D eigenvalue weighted by atomic mass is 10.6. The van der Waals surface area contributed by atoms with Crippen LogP contribution in [-0.4, -0.2) is 32.7 Å². The van der Waals surface area contributed by atoms with E-state index < -0.39 is 0 Å². The third-order valence-corrected chi connectivity index (χ3v) is 2.70. The van der Waals surface area contributed by atoms with Gasteiger partial charge in [0.1, 0.15) is 6.33 Å². The van der Waals surface area contributed by atoms with E-state index in [0.29, 0.717) is 17.0 Å². The lowest BCUT2D eigenvalue weighted by Gasteiger charge is -2.01. The summed E-state index contributed by atoms with van der Waals surface area (Å²) in [5.74, 6) is 0.511. The molecule has 1 amide bonds. The number of nitrogen functional groups attached to an aromatic ring is 1. The minimum absolute atomic E-state index is 0.0153. The van der Waals surface area contributed by atoms with Crippen molar-refractivity contribution < 1.29 is 4.79 Å². The van der Waals surface area contributed by atoms with Gasteiger partial charge in [0.2, 0.25) is 11.9 Å². The molecule has 0 aliphatic heterocycles. The SMILES string of the molecule is Nc1ncnc(SCC(=O)NC2CC2)n1. The monoisotopic (exact) mass is 225 g/mol. The third kappa shape index (κ3) is 3.35. The largest absolute Gasteiger partial charge is 0.368 e. The smallest absolute Gasteiger partial charge is 0.230 e. The number of amides is 1. The Bertz CT molecular complexity index is 368. The van der Waals surface area contributed by atoms with Crippen molar-refractivity contribution in [1.29, 1.82) is 0 Å². The lowest BCUT2D eigenvalue weighted by molar-refractivity contribution is -0.118. The minimum atomic E-state index is 0.0153. The van der Waals surface area contributed by atoms with Gasteiger partial charge in [-0.15, -0.1) is 0 Å². The van der Waals surface area contributed by atoms with E-state index in [1.54, 1.807) is 0 Å². The summed E-state index contributed by atoms with van der Waals surface area (Å²) in [6.45, 7) is 0. The van der Waals surface area contributed by atoms with Crippen molar-refractivity contribution in [1.82, 2.24) is 20.3 Å². The Morgan fingerprint density at radius 2 is 2.40 bits per heavy atom. The second kappa shape index (κ2) is 4.43. The highest BCUT2D eigenvalue weighted by molar-refractivity contribution is 7.99. The molecule has 1 aliphatic carbocycles. The maximum atomic E-state index is 11.3. The molecule has 7 heteroatoms. The van der Waals surface area contributed by atoms with Crippen LogP contribution in [0.15, 0.2) is 11.5 Å². The van der Waals surface area contributed by atoms with Crippen molar-refractivity contribution in [2.24, 2.45) is 0 Å². The summed E-state index contributed by atoms with van der Waals surface area (Å²) in [4.78, 5) is 22.7. The van der Waals surface area contributed by atoms with Crippen LogP contribution in [0.1, 0.15) is 12.8 Å². The average molecular weight is 225 g/mol. The van der Waals surface area contributed by atoms with Crippen molar-refractivity contribution in [3.8, 4) is 0 Å². The number of carbonyl (C=O) groups is 1. The molecular weight excluding hydrogens is 214 g/mol. The van der Waals surface area contributed by atoms with Crippen LogP contribution in [0.4, 0.5) is 5.95 Å². The summed E-state index contributed by atoms with van der Waals surface area (Å²) in [5.41, 5.74) is 5.38. The fourth-order valence-corrected chi connectivity index (χ4v) is 1.61. The van der Waals surface area contributed by atoms with E-state index in [4.69, 9.17) is 5.73 Å². The molecule has 0 radical (unpaired) electrons. The van der Waals surface area contributed by atoms with E-state index in [9.17, 15) is 4.79 Å². The van der Waals surface area contributed by atoms with Crippen LogP contribution in [0, 0.1) is 0 Å². The Morgan fingerprint density at radius 1 is 1.60 bits per heavy atom. The van der Waals surface area contributed by atoms with Crippen LogP contribution in [0.2, 0.25) is 0 Å².